The number of aliphatic hydroxyl groups excluding tert-OH is 1. The van der Waals surface area contributed by atoms with Gasteiger partial charge in [-0.2, -0.15) is 0 Å². The second-order valence-corrected chi connectivity index (χ2v) is 13.2. The van der Waals surface area contributed by atoms with Gasteiger partial charge in [0.25, 0.3) is 5.78 Å². The fourth-order valence-corrected chi connectivity index (χ4v) is 7.08. The number of benzene rings is 4. The second-order valence-electron chi connectivity index (χ2n) is 11.1. The lowest BCUT2D eigenvalue weighted by atomic mass is 9.95. The Bertz CT molecular complexity index is 1960. The van der Waals surface area contributed by atoms with Gasteiger partial charge in [-0.05, 0) is 78.1 Å². The van der Waals surface area contributed by atoms with Gasteiger partial charge in [0.15, 0.2) is 4.34 Å². The lowest BCUT2D eigenvalue weighted by Crippen LogP contribution is -2.29. The number of ether oxygens (including phenoxy) is 2. The van der Waals surface area contributed by atoms with Crippen LogP contribution in [-0.4, -0.2) is 33.6 Å². The number of thioether (sulfide) groups is 1. The topological polar surface area (TPSA) is 102 Å². The van der Waals surface area contributed by atoms with Gasteiger partial charge < -0.3 is 14.6 Å². The molecule has 1 N–H and O–H groups in total. The summed E-state index contributed by atoms with van der Waals surface area (Å²) in [7, 11) is 0. The number of ketones is 1. The zero-order valence-electron chi connectivity index (χ0n) is 26.3. The zero-order chi connectivity index (χ0) is 33.6. The van der Waals surface area contributed by atoms with Gasteiger partial charge in [-0.3, -0.25) is 14.5 Å². The van der Waals surface area contributed by atoms with Crippen molar-refractivity contribution in [3.05, 3.63) is 136 Å². The van der Waals surface area contributed by atoms with Crippen molar-refractivity contribution >= 4 is 45.7 Å². The molecule has 6 rings (SSSR count). The van der Waals surface area contributed by atoms with Crippen LogP contribution in [0.3, 0.4) is 0 Å². The summed E-state index contributed by atoms with van der Waals surface area (Å²) >= 11 is 2.39. The van der Waals surface area contributed by atoms with E-state index in [-0.39, 0.29) is 22.3 Å². The number of carbonyl (C=O) groups is 2. The minimum absolute atomic E-state index is 0.0773. The van der Waals surface area contributed by atoms with Gasteiger partial charge >= 0.3 is 5.91 Å². The van der Waals surface area contributed by atoms with E-state index in [1.165, 1.54) is 22.7 Å². The molecular formula is C37H32FN3O5S2. The maximum Gasteiger partial charge on any atom is 0.301 e. The van der Waals surface area contributed by atoms with E-state index in [1.807, 2.05) is 38.1 Å². The first-order chi connectivity index (χ1) is 23.3. The normalized spacial score (nSPS) is 15.6. The fraction of sp³-hybridized carbons (Fsp3) is 0.189. The van der Waals surface area contributed by atoms with E-state index >= 15 is 0 Å². The van der Waals surface area contributed by atoms with Crippen molar-refractivity contribution in [3.8, 4) is 11.5 Å². The van der Waals surface area contributed by atoms with E-state index in [9.17, 15) is 19.1 Å². The van der Waals surface area contributed by atoms with Gasteiger partial charge in [0.05, 0.1) is 18.2 Å². The third kappa shape index (κ3) is 7.12. The molecule has 1 saturated heterocycles. The van der Waals surface area contributed by atoms with E-state index in [0.717, 1.165) is 28.9 Å². The molecule has 1 unspecified atom stereocenters. The highest BCUT2D eigenvalue weighted by atomic mass is 32.2. The molecule has 1 fully saturated rings. The third-order valence-corrected chi connectivity index (χ3v) is 9.91. The smallest absolute Gasteiger partial charge is 0.301 e. The molecule has 244 valence electrons. The Hall–Kier alpha value is -5.00. The van der Waals surface area contributed by atoms with Crippen LogP contribution in [0.25, 0.3) is 5.76 Å². The Labute approximate surface area is 285 Å². The van der Waals surface area contributed by atoms with Crippen molar-refractivity contribution in [1.82, 2.24) is 10.2 Å². The van der Waals surface area contributed by atoms with Crippen molar-refractivity contribution in [2.24, 2.45) is 0 Å². The molecule has 5 aromatic rings. The van der Waals surface area contributed by atoms with Crippen LogP contribution in [0.15, 0.2) is 107 Å². The van der Waals surface area contributed by atoms with Gasteiger partial charge in [-0.1, -0.05) is 84.6 Å². The number of amides is 1. The number of aryl methyl sites for hydroxylation is 1. The van der Waals surface area contributed by atoms with Crippen molar-refractivity contribution in [1.29, 1.82) is 0 Å². The summed E-state index contributed by atoms with van der Waals surface area (Å²) in [5.74, 6) is -0.792. The molecule has 11 heteroatoms. The molecule has 1 amide bonds. The Kier molecular flexibility index (Phi) is 10.2. The number of halogens is 1. The predicted molar refractivity (Wildman–Crippen MR) is 185 cm³/mol. The molecule has 1 atom stereocenters. The van der Waals surface area contributed by atoms with E-state index in [0.29, 0.717) is 51.5 Å². The van der Waals surface area contributed by atoms with Crippen molar-refractivity contribution in [2.45, 2.75) is 43.0 Å². The Balaban J connectivity index is 1.31. The van der Waals surface area contributed by atoms with E-state index in [1.54, 1.807) is 66.7 Å². The number of nitrogens with zero attached hydrogens (tertiary/aromatic N) is 3. The minimum Gasteiger partial charge on any atom is -0.507 e. The van der Waals surface area contributed by atoms with Gasteiger partial charge in [-0.15, -0.1) is 10.2 Å². The highest BCUT2D eigenvalue weighted by molar-refractivity contribution is 8.00. The number of anilines is 1. The van der Waals surface area contributed by atoms with Crippen LogP contribution in [0.4, 0.5) is 9.52 Å². The molecule has 0 aliphatic carbocycles. The average molecular weight is 682 g/mol. The average Bonchev–Trinajstić information content (AvgIpc) is 3.68. The molecule has 0 bridgehead atoms. The van der Waals surface area contributed by atoms with Crippen LogP contribution >= 0.6 is 23.1 Å². The van der Waals surface area contributed by atoms with E-state index < -0.39 is 17.7 Å². The maximum atomic E-state index is 14.2. The largest absolute Gasteiger partial charge is 0.507 e. The molecule has 0 radical (unpaired) electrons. The minimum atomic E-state index is -0.987. The molecule has 0 spiro atoms. The molecule has 48 heavy (non-hydrogen) atoms. The number of Topliss-reactive ketones (excluding diaryl/α,β-unsaturated/α-hetero) is 1. The lowest BCUT2D eigenvalue weighted by Gasteiger charge is -2.22. The van der Waals surface area contributed by atoms with Crippen molar-refractivity contribution in [3.63, 3.8) is 0 Å². The first kappa shape index (κ1) is 32.9. The Morgan fingerprint density at radius 3 is 2.27 bits per heavy atom. The standard InChI is InChI=1S/C37H32FN3O5S2/c1-3-20-45-28-16-12-24(13-17-28)32-31(33(42)25-14-18-29(19-15-25)46-21-26-9-5-4-8-23(26)2)34(43)35(44)41(32)36-39-40-37(48-36)47-22-27-10-6-7-11-30(27)38/h4-19,32,42H,3,20-22H2,1-2H3/b33-31+. The van der Waals surface area contributed by atoms with E-state index in [2.05, 4.69) is 10.2 Å². The van der Waals surface area contributed by atoms with Crippen LogP contribution in [0.1, 0.15) is 47.2 Å². The second kappa shape index (κ2) is 14.8. The molecule has 4 aromatic carbocycles. The molecule has 8 nitrogen and oxygen atoms in total. The first-order valence-electron chi connectivity index (χ1n) is 15.3. The van der Waals surface area contributed by atoms with Gasteiger partial charge in [0.2, 0.25) is 5.13 Å². The summed E-state index contributed by atoms with van der Waals surface area (Å²) in [4.78, 5) is 28.6. The summed E-state index contributed by atoms with van der Waals surface area (Å²) in [5.41, 5.74) is 3.54. The maximum absolute atomic E-state index is 14.2. The first-order valence-corrected chi connectivity index (χ1v) is 17.2. The number of aliphatic hydroxyl groups is 1. The molecule has 0 saturated carbocycles. The molecule has 1 aliphatic heterocycles. The fourth-order valence-electron chi connectivity index (χ4n) is 5.22. The van der Waals surface area contributed by atoms with Crippen LogP contribution in [-0.2, 0) is 21.9 Å². The van der Waals surface area contributed by atoms with Gasteiger partial charge in [0, 0.05) is 11.3 Å². The van der Waals surface area contributed by atoms with Crippen LogP contribution in [0.2, 0.25) is 0 Å². The number of hydrogen-bond acceptors (Lipinski definition) is 9. The van der Waals surface area contributed by atoms with E-state index in [4.69, 9.17) is 9.47 Å². The number of hydrogen-bond donors (Lipinski definition) is 1. The van der Waals surface area contributed by atoms with Gasteiger partial charge in [-0.25, -0.2) is 4.39 Å². The third-order valence-electron chi connectivity index (χ3n) is 7.81. The summed E-state index contributed by atoms with van der Waals surface area (Å²) < 4.78 is 26.4. The molecule has 1 aliphatic rings. The SMILES string of the molecule is CCCOc1ccc(C2/C(=C(\O)c3ccc(OCc4ccccc4C)cc3)C(=O)C(=O)N2c2nnc(SCc3ccccc3F)s2)cc1. The number of rotatable bonds is 12. The van der Waals surface area contributed by atoms with Crippen molar-refractivity contribution < 1.29 is 28.6 Å². The van der Waals surface area contributed by atoms with Crippen LogP contribution in [0, 0.1) is 12.7 Å². The Morgan fingerprint density at radius 2 is 1.56 bits per heavy atom. The van der Waals surface area contributed by atoms with Crippen molar-refractivity contribution in [2.75, 3.05) is 11.5 Å². The molecule has 2 heterocycles. The lowest BCUT2D eigenvalue weighted by molar-refractivity contribution is -0.132. The van der Waals surface area contributed by atoms with Crippen LogP contribution < -0.4 is 14.4 Å². The summed E-state index contributed by atoms with van der Waals surface area (Å²) in [6.45, 7) is 4.95. The van der Waals surface area contributed by atoms with Gasteiger partial charge in [0.1, 0.15) is 29.7 Å². The number of aromatic nitrogens is 2. The summed E-state index contributed by atoms with van der Waals surface area (Å²) in [6.07, 6.45) is 0.839. The predicted octanol–water partition coefficient (Wildman–Crippen LogP) is 8.27. The van der Waals surface area contributed by atoms with Crippen LogP contribution in [0.5, 0.6) is 11.5 Å². The Morgan fingerprint density at radius 1 is 0.896 bits per heavy atom. The quantitative estimate of drug-likeness (QED) is 0.0462. The monoisotopic (exact) mass is 681 g/mol. The zero-order valence-corrected chi connectivity index (χ0v) is 27.9. The molecular weight excluding hydrogens is 650 g/mol. The highest BCUT2D eigenvalue weighted by Crippen LogP contribution is 2.44. The summed E-state index contributed by atoms with van der Waals surface area (Å²) in [5, 5.41) is 20.2. The highest BCUT2D eigenvalue weighted by Gasteiger charge is 2.48. The number of carbonyl (C=O) groups excluding carboxylic acids is 2. The summed E-state index contributed by atoms with van der Waals surface area (Å²) in [6, 6.07) is 27.2. The molecule has 1 aromatic heterocycles.